The predicted molar refractivity (Wildman–Crippen MR) is 132 cm³/mol. The number of benzene rings is 1. The van der Waals surface area contributed by atoms with E-state index in [-0.39, 0.29) is 35.8 Å². The third-order valence-electron chi connectivity index (χ3n) is 5.07. The van der Waals surface area contributed by atoms with Gasteiger partial charge < -0.3 is 14.8 Å². The van der Waals surface area contributed by atoms with Gasteiger partial charge in [-0.1, -0.05) is 45.4 Å². The zero-order valence-electron chi connectivity index (χ0n) is 21.6. The number of esters is 2. The first-order chi connectivity index (χ1) is 15.3. The lowest BCUT2D eigenvalue weighted by molar-refractivity contribution is -0.143. The average molecular weight is 462 g/mol. The smallest absolute Gasteiger partial charge is 0.316 e. The Morgan fingerprint density at radius 1 is 0.818 bits per heavy atom. The minimum atomic E-state index is -0.718. The highest BCUT2D eigenvalue weighted by Crippen LogP contribution is 2.31. The molecule has 1 aromatic carbocycles. The van der Waals surface area contributed by atoms with Crippen LogP contribution in [0.25, 0.3) is 0 Å². The molecular formula is C27H43NO5. The van der Waals surface area contributed by atoms with E-state index in [1.807, 2.05) is 20.8 Å². The van der Waals surface area contributed by atoms with Gasteiger partial charge in [-0.2, -0.15) is 0 Å². The number of ketones is 1. The van der Waals surface area contributed by atoms with Crippen LogP contribution in [0.1, 0.15) is 110 Å². The monoisotopic (exact) mass is 461 g/mol. The van der Waals surface area contributed by atoms with Gasteiger partial charge in [0.25, 0.3) is 0 Å². The number of rotatable bonds is 13. The second-order valence-corrected chi connectivity index (χ2v) is 10.7. The number of unbranched alkanes of at least 4 members (excludes halogenated alkanes) is 6. The van der Waals surface area contributed by atoms with Crippen molar-refractivity contribution in [3.05, 3.63) is 23.8 Å². The van der Waals surface area contributed by atoms with Crippen LogP contribution in [0.15, 0.2) is 18.2 Å². The van der Waals surface area contributed by atoms with Crippen LogP contribution in [0.4, 0.5) is 0 Å². The molecule has 0 amide bonds. The van der Waals surface area contributed by atoms with Crippen LogP contribution in [-0.2, 0) is 9.59 Å². The Bertz CT molecular complexity index is 787. The summed E-state index contributed by atoms with van der Waals surface area (Å²) < 4.78 is 11.0. The van der Waals surface area contributed by atoms with E-state index in [9.17, 15) is 14.4 Å². The van der Waals surface area contributed by atoms with E-state index < -0.39 is 17.4 Å². The number of ether oxygens (including phenoxy) is 2. The largest absolute Gasteiger partial charge is 0.422 e. The molecule has 0 aliphatic carbocycles. The van der Waals surface area contributed by atoms with Gasteiger partial charge >= 0.3 is 11.9 Å². The quantitative estimate of drug-likeness (QED) is 0.162. The molecule has 0 aliphatic rings. The normalized spacial score (nSPS) is 11.8. The van der Waals surface area contributed by atoms with Gasteiger partial charge in [-0.25, -0.2) is 0 Å². The zero-order valence-corrected chi connectivity index (χ0v) is 21.6. The maximum atomic E-state index is 12.6. The van der Waals surface area contributed by atoms with Crippen molar-refractivity contribution in [2.45, 2.75) is 105 Å². The molecular weight excluding hydrogens is 418 g/mol. The lowest BCUT2D eigenvalue weighted by atomic mass is 9.97. The van der Waals surface area contributed by atoms with E-state index in [1.165, 1.54) is 37.8 Å². The highest BCUT2D eigenvalue weighted by Gasteiger charge is 2.26. The molecule has 0 unspecified atom stereocenters. The molecule has 1 rings (SSSR count). The van der Waals surface area contributed by atoms with E-state index in [2.05, 4.69) is 12.2 Å². The van der Waals surface area contributed by atoms with Gasteiger partial charge in [0.05, 0.1) is 12.0 Å². The topological polar surface area (TPSA) is 81.7 Å². The maximum Gasteiger partial charge on any atom is 0.316 e. The Balaban J connectivity index is 2.86. The molecule has 186 valence electrons. The summed E-state index contributed by atoms with van der Waals surface area (Å²) >= 11 is 0. The van der Waals surface area contributed by atoms with Crippen molar-refractivity contribution in [3.63, 3.8) is 0 Å². The molecule has 0 aromatic heterocycles. The fourth-order valence-corrected chi connectivity index (χ4v) is 2.95. The Hall–Kier alpha value is -2.21. The molecule has 0 heterocycles. The fraction of sp³-hybridized carbons (Fsp3) is 0.667. The molecule has 33 heavy (non-hydrogen) atoms. The van der Waals surface area contributed by atoms with Crippen molar-refractivity contribution in [2.24, 2.45) is 5.41 Å². The molecule has 0 atom stereocenters. The maximum absolute atomic E-state index is 12.6. The number of hydrogen-bond donors (Lipinski definition) is 1. The Morgan fingerprint density at radius 2 is 1.42 bits per heavy atom. The van der Waals surface area contributed by atoms with Gasteiger partial charge in [-0.05, 0) is 66.2 Å². The highest BCUT2D eigenvalue weighted by atomic mass is 16.6. The summed E-state index contributed by atoms with van der Waals surface area (Å²) in [5.74, 6) is -0.734. The average Bonchev–Trinajstić information content (AvgIpc) is 2.71. The minimum Gasteiger partial charge on any atom is -0.422 e. The van der Waals surface area contributed by atoms with Crippen molar-refractivity contribution in [3.8, 4) is 11.5 Å². The van der Waals surface area contributed by atoms with Crippen molar-refractivity contribution in [1.29, 1.82) is 0 Å². The molecule has 0 spiro atoms. The SMILES string of the molecule is CCCCCCCCCC(=O)Oc1cc(C(=O)CNC(C)(C)C)ccc1OC(=O)C(C)(C)C. The number of carbonyl (C=O) groups excluding carboxylic acids is 3. The molecule has 6 nitrogen and oxygen atoms in total. The number of carbonyl (C=O) groups is 3. The molecule has 0 bridgehead atoms. The second kappa shape index (κ2) is 13.5. The fourth-order valence-electron chi connectivity index (χ4n) is 2.95. The number of Topliss-reactive ketones (excluding diaryl/α,β-unsaturated/α-hetero) is 1. The van der Waals surface area contributed by atoms with Crippen molar-refractivity contribution < 1.29 is 23.9 Å². The third-order valence-corrected chi connectivity index (χ3v) is 5.07. The molecule has 0 aliphatic heterocycles. The second-order valence-electron chi connectivity index (χ2n) is 10.7. The summed E-state index contributed by atoms with van der Waals surface area (Å²) in [7, 11) is 0. The van der Waals surface area contributed by atoms with Crippen LogP contribution in [0, 0.1) is 5.41 Å². The minimum absolute atomic E-state index is 0.0992. The van der Waals surface area contributed by atoms with Crippen molar-refractivity contribution >= 4 is 17.7 Å². The summed E-state index contributed by atoms with van der Waals surface area (Å²) in [6.45, 7) is 13.5. The number of nitrogens with one attached hydrogen (secondary N) is 1. The summed E-state index contributed by atoms with van der Waals surface area (Å²) in [6, 6.07) is 4.59. The summed E-state index contributed by atoms with van der Waals surface area (Å²) in [4.78, 5) is 37.5. The standard InChI is InChI=1S/C27H43NO5/c1-8-9-10-11-12-13-14-15-24(30)32-23-18-20(21(29)19-28-27(5,6)7)16-17-22(23)33-25(31)26(2,3)4/h16-18,28H,8-15,19H2,1-7H3. The van der Waals surface area contributed by atoms with Crippen LogP contribution in [0.3, 0.4) is 0 Å². The summed E-state index contributed by atoms with van der Waals surface area (Å²) in [5, 5.41) is 3.16. The first-order valence-electron chi connectivity index (χ1n) is 12.2. The van der Waals surface area contributed by atoms with Gasteiger partial charge in [0.15, 0.2) is 17.3 Å². The van der Waals surface area contributed by atoms with Gasteiger partial charge in [0.1, 0.15) is 0 Å². The van der Waals surface area contributed by atoms with Crippen LogP contribution < -0.4 is 14.8 Å². The van der Waals surface area contributed by atoms with Crippen LogP contribution in [-0.4, -0.2) is 29.8 Å². The van der Waals surface area contributed by atoms with E-state index in [4.69, 9.17) is 9.47 Å². The Kier molecular flexibility index (Phi) is 11.8. The Morgan fingerprint density at radius 3 is 2.00 bits per heavy atom. The van der Waals surface area contributed by atoms with Gasteiger partial charge in [0.2, 0.25) is 0 Å². The van der Waals surface area contributed by atoms with E-state index in [0.29, 0.717) is 5.56 Å². The lowest BCUT2D eigenvalue weighted by Gasteiger charge is -2.20. The van der Waals surface area contributed by atoms with Gasteiger partial charge in [-0.3, -0.25) is 14.4 Å². The Labute approximate surface area is 199 Å². The van der Waals surface area contributed by atoms with E-state index >= 15 is 0 Å². The molecule has 0 saturated carbocycles. The summed E-state index contributed by atoms with van der Waals surface area (Å²) in [6.07, 6.45) is 7.98. The van der Waals surface area contributed by atoms with E-state index in [1.54, 1.807) is 26.8 Å². The molecule has 0 saturated heterocycles. The summed E-state index contributed by atoms with van der Waals surface area (Å²) in [5.41, 5.74) is -0.533. The highest BCUT2D eigenvalue weighted by molar-refractivity contribution is 5.98. The molecule has 1 aromatic rings. The van der Waals surface area contributed by atoms with Gasteiger partial charge in [0, 0.05) is 17.5 Å². The van der Waals surface area contributed by atoms with Crippen LogP contribution >= 0.6 is 0 Å². The molecule has 0 fully saturated rings. The molecule has 1 N–H and O–H groups in total. The zero-order chi connectivity index (χ0) is 25.1. The van der Waals surface area contributed by atoms with Gasteiger partial charge in [-0.15, -0.1) is 0 Å². The number of hydrogen-bond acceptors (Lipinski definition) is 6. The van der Waals surface area contributed by atoms with E-state index in [0.717, 1.165) is 19.3 Å². The van der Waals surface area contributed by atoms with Crippen molar-refractivity contribution in [2.75, 3.05) is 6.54 Å². The first kappa shape index (κ1) is 28.8. The first-order valence-corrected chi connectivity index (χ1v) is 12.2. The van der Waals surface area contributed by atoms with Crippen molar-refractivity contribution in [1.82, 2.24) is 5.32 Å². The predicted octanol–water partition coefficient (Wildman–Crippen LogP) is 6.26. The lowest BCUT2D eigenvalue weighted by Crippen LogP contribution is -2.39. The van der Waals surface area contributed by atoms with Crippen LogP contribution in [0.2, 0.25) is 0 Å². The van der Waals surface area contributed by atoms with Crippen LogP contribution in [0.5, 0.6) is 11.5 Å². The molecule has 6 heteroatoms. The molecule has 0 radical (unpaired) electrons. The third kappa shape index (κ3) is 12.0.